The molecule has 20 heavy (non-hydrogen) atoms. The van der Waals surface area contributed by atoms with Crippen molar-refractivity contribution in [3.63, 3.8) is 0 Å². The molecule has 1 aliphatic rings. The summed E-state index contributed by atoms with van der Waals surface area (Å²) in [5.41, 5.74) is -0.632. The van der Waals surface area contributed by atoms with Gasteiger partial charge in [0.1, 0.15) is 24.5 Å². The molecular weight excluding hydrogens is 269 g/mol. The highest BCUT2D eigenvalue weighted by molar-refractivity contribution is 5.71. The van der Waals surface area contributed by atoms with E-state index in [2.05, 4.69) is 4.74 Å². The van der Waals surface area contributed by atoms with Crippen LogP contribution in [0.25, 0.3) is 0 Å². The topological polar surface area (TPSA) is 65.1 Å². The van der Waals surface area contributed by atoms with Gasteiger partial charge in [0.25, 0.3) is 0 Å². The molecule has 1 amide bonds. The summed E-state index contributed by atoms with van der Waals surface area (Å²) in [6.45, 7) is 6.79. The summed E-state index contributed by atoms with van der Waals surface area (Å²) < 4.78 is 28.7. The van der Waals surface area contributed by atoms with Crippen molar-refractivity contribution in [2.75, 3.05) is 26.3 Å². The molecule has 0 aliphatic carbocycles. The molecular formula is C13H22FNO5. The third-order valence-corrected chi connectivity index (χ3v) is 2.57. The first-order chi connectivity index (χ1) is 9.23. The number of ether oxygens (including phenoxy) is 3. The quantitative estimate of drug-likeness (QED) is 0.735. The SMILES string of the molecule is CCOC(=O)CO[C@@H]1CN(C(=O)OC(C)(C)C)C[C@@H]1F. The van der Waals surface area contributed by atoms with E-state index in [9.17, 15) is 14.0 Å². The Morgan fingerprint density at radius 3 is 2.50 bits per heavy atom. The van der Waals surface area contributed by atoms with E-state index >= 15 is 0 Å². The summed E-state index contributed by atoms with van der Waals surface area (Å²) in [6, 6.07) is 0. The van der Waals surface area contributed by atoms with Gasteiger partial charge in [0.15, 0.2) is 0 Å². The van der Waals surface area contributed by atoms with Gasteiger partial charge in [0.2, 0.25) is 0 Å². The second-order valence-corrected chi connectivity index (χ2v) is 5.56. The van der Waals surface area contributed by atoms with Gasteiger partial charge in [-0.2, -0.15) is 0 Å². The fourth-order valence-electron chi connectivity index (χ4n) is 1.74. The third kappa shape index (κ3) is 5.32. The summed E-state index contributed by atoms with van der Waals surface area (Å²) >= 11 is 0. The second-order valence-electron chi connectivity index (χ2n) is 5.56. The van der Waals surface area contributed by atoms with Crippen LogP contribution in [0.1, 0.15) is 27.7 Å². The molecule has 2 atom stereocenters. The van der Waals surface area contributed by atoms with Gasteiger partial charge >= 0.3 is 12.1 Å². The maximum absolute atomic E-state index is 13.7. The number of nitrogens with zero attached hydrogens (tertiary/aromatic N) is 1. The van der Waals surface area contributed by atoms with Gasteiger partial charge in [0.05, 0.1) is 19.7 Å². The summed E-state index contributed by atoms with van der Waals surface area (Å²) in [6.07, 6.45) is -2.74. The molecule has 0 spiro atoms. The zero-order chi connectivity index (χ0) is 15.3. The molecule has 1 saturated heterocycles. The molecule has 0 bridgehead atoms. The van der Waals surface area contributed by atoms with Crippen LogP contribution in [0.15, 0.2) is 0 Å². The molecule has 1 rings (SSSR count). The fourth-order valence-corrected chi connectivity index (χ4v) is 1.74. The molecule has 116 valence electrons. The molecule has 6 nitrogen and oxygen atoms in total. The molecule has 1 heterocycles. The molecule has 7 heteroatoms. The highest BCUT2D eigenvalue weighted by atomic mass is 19.1. The van der Waals surface area contributed by atoms with Gasteiger partial charge in [-0.15, -0.1) is 0 Å². The highest BCUT2D eigenvalue weighted by Crippen LogP contribution is 2.19. The molecule has 0 radical (unpaired) electrons. The molecule has 1 fully saturated rings. The standard InChI is InChI=1S/C13H22FNO5/c1-5-18-11(16)8-19-10-7-15(6-9(10)14)12(17)20-13(2,3)4/h9-10H,5-8H2,1-4H3/t9-,10+/m0/s1. The lowest BCUT2D eigenvalue weighted by Gasteiger charge is -2.24. The Morgan fingerprint density at radius 1 is 1.30 bits per heavy atom. The predicted octanol–water partition coefficient (Wildman–Crippen LogP) is 1.52. The normalized spacial score (nSPS) is 22.8. The van der Waals surface area contributed by atoms with E-state index in [1.807, 2.05) is 0 Å². The zero-order valence-corrected chi connectivity index (χ0v) is 12.3. The van der Waals surface area contributed by atoms with Crippen LogP contribution in [-0.2, 0) is 19.0 Å². The molecule has 0 aromatic heterocycles. The second kappa shape index (κ2) is 6.88. The summed E-state index contributed by atoms with van der Waals surface area (Å²) in [4.78, 5) is 24.2. The maximum atomic E-state index is 13.7. The van der Waals surface area contributed by atoms with E-state index in [1.54, 1.807) is 27.7 Å². The van der Waals surface area contributed by atoms with Crippen LogP contribution in [0, 0.1) is 0 Å². The van der Waals surface area contributed by atoms with E-state index < -0.39 is 29.9 Å². The summed E-state index contributed by atoms with van der Waals surface area (Å²) in [7, 11) is 0. The van der Waals surface area contributed by atoms with Crippen LogP contribution < -0.4 is 0 Å². The van der Waals surface area contributed by atoms with Crippen LogP contribution >= 0.6 is 0 Å². The minimum absolute atomic E-state index is 0.0650. The molecule has 0 saturated carbocycles. The van der Waals surface area contributed by atoms with Gasteiger partial charge in [-0.25, -0.2) is 14.0 Å². The number of carbonyl (C=O) groups is 2. The summed E-state index contributed by atoms with van der Waals surface area (Å²) in [5.74, 6) is -0.546. The largest absolute Gasteiger partial charge is 0.464 e. The minimum Gasteiger partial charge on any atom is -0.464 e. The molecule has 0 unspecified atom stereocenters. The van der Waals surface area contributed by atoms with Crippen molar-refractivity contribution in [1.82, 2.24) is 4.90 Å². The van der Waals surface area contributed by atoms with Crippen LogP contribution in [0.4, 0.5) is 9.18 Å². The molecule has 0 aromatic rings. The number of halogens is 1. The first-order valence-corrected chi connectivity index (χ1v) is 6.62. The van der Waals surface area contributed by atoms with Crippen molar-refractivity contribution < 1.29 is 28.2 Å². The average molecular weight is 291 g/mol. The molecule has 0 aromatic carbocycles. The van der Waals surface area contributed by atoms with Gasteiger partial charge < -0.3 is 19.1 Å². The van der Waals surface area contributed by atoms with Crippen molar-refractivity contribution in [1.29, 1.82) is 0 Å². The van der Waals surface area contributed by atoms with Crippen molar-refractivity contribution in [3.8, 4) is 0 Å². The van der Waals surface area contributed by atoms with Crippen LogP contribution in [0.5, 0.6) is 0 Å². The summed E-state index contributed by atoms with van der Waals surface area (Å²) in [5, 5.41) is 0. The Bertz CT molecular complexity index is 355. The Kier molecular flexibility index (Phi) is 5.74. The van der Waals surface area contributed by atoms with Crippen molar-refractivity contribution in [3.05, 3.63) is 0 Å². The number of hydrogen-bond donors (Lipinski definition) is 0. The number of likely N-dealkylation sites (tertiary alicyclic amines) is 1. The number of amides is 1. The van der Waals surface area contributed by atoms with Crippen molar-refractivity contribution >= 4 is 12.1 Å². The first-order valence-electron chi connectivity index (χ1n) is 6.62. The first kappa shape index (κ1) is 16.7. The maximum Gasteiger partial charge on any atom is 0.410 e. The van der Waals surface area contributed by atoms with Crippen molar-refractivity contribution in [2.24, 2.45) is 0 Å². The van der Waals surface area contributed by atoms with Gasteiger partial charge in [-0.05, 0) is 27.7 Å². The van der Waals surface area contributed by atoms with E-state index in [4.69, 9.17) is 9.47 Å². The molecule has 1 aliphatic heterocycles. The number of hydrogen-bond acceptors (Lipinski definition) is 5. The third-order valence-electron chi connectivity index (χ3n) is 2.57. The highest BCUT2D eigenvalue weighted by Gasteiger charge is 2.38. The predicted molar refractivity (Wildman–Crippen MR) is 69.1 cm³/mol. The van der Waals surface area contributed by atoms with E-state index in [1.165, 1.54) is 4.90 Å². The smallest absolute Gasteiger partial charge is 0.410 e. The lowest BCUT2D eigenvalue weighted by Crippen LogP contribution is -2.36. The number of alkyl halides is 1. The average Bonchev–Trinajstić information content (AvgIpc) is 2.66. The zero-order valence-electron chi connectivity index (χ0n) is 12.3. The van der Waals surface area contributed by atoms with Crippen LogP contribution in [0.2, 0.25) is 0 Å². The van der Waals surface area contributed by atoms with Crippen LogP contribution in [0.3, 0.4) is 0 Å². The van der Waals surface area contributed by atoms with Gasteiger partial charge in [-0.1, -0.05) is 0 Å². The number of carbonyl (C=O) groups excluding carboxylic acids is 2. The van der Waals surface area contributed by atoms with E-state index in [0.717, 1.165) is 0 Å². The fraction of sp³-hybridized carbons (Fsp3) is 0.846. The Hall–Kier alpha value is -1.37. The molecule has 0 N–H and O–H groups in total. The minimum atomic E-state index is -1.34. The van der Waals surface area contributed by atoms with E-state index in [0.29, 0.717) is 0 Å². The monoisotopic (exact) mass is 291 g/mol. The Labute approximate surface area is 118 Å². The lowest BCUT2D eigenvalue weighted by atomic mass is 10.2. The van der Waals surface area contributed by atoms with E-state index in [-0.39, 0.29) is 26.3 Å². The number of esters is 1. The Morgan fingerprint density at radius 2 is 1.95 bits per heavy atom. The lowest BCUT2D eigenvalue weighted by molar-refractivity contribution is -0.151. The van der Waals surface area contributed by atoms with Gasteiger partial charge in [0, 0.05) is 0 Å². The van der Waals surface area contributed by atoms with Crippen molar-refractivity contribution in [2.45, 2.75) is 45.6 Å². The van der Waals surface area contributed by atoms with Gasteiger partial charge in [-0.3, -0.25) is 0 Å². The Balaban J connectivity index is 2.42. The number of rotatable bonds is 4. The van der Waals surface area contributed by atoms with Crippen LogP contribution in [-0.4, -0.2) is 61.1 Å².